The van der Waals surface area contributed by atoms with Gasteiger partial charge in [-0.1, -0.05) is 30.3 Å². The highest BCUT2D eigenvalue weighted by molar-refractivity contribution is 7.92. The van der Waals surface area contributed by atoms with Crippen LogP contribution in [0.4, 0.5) is 11.4 Å². The van der Waals surface area contributed by atoms with Gasteiger partial charge in [-0.2, -0.15) is 0 Å². The number of aromatic amines is 1. The normalized spacial score (nSPS) is 14.0. The second-order valence-electron chi connectivity index (χ2n) is 11.3. The van der Waals surface area contributed by atoms with Gasteiger partial charge in [0.2, 0.25) is 0 Å². The van der Waals surface area contributed by atoms with Crippen molar-refractivity contribution in [1.29, 1.82) is 0 Å². The van der Waals surface area contributed by atoms with Crippen molar-refractivity contribution in [2.45, 2.75) is 37.8 Å². The average Bonchev–Trinajstić information content (AvgIpc) is 3.39. The number of esters is 1. The van der Waals surface area contributed by atoms with Crippen LogP contribution in [0.5, 0.6) is 0 Å². The summed E-state index contributed by atoms with van der Waals surface area (Å²) in [6.07, 6.45) is 0. The van der Waals surface area contributed by atoms with Crippen LogP contribution in [0, 0.1) is 12.0 Å². The third-order valence-electron chi connectivity index (χ3n) is 6.83. The number of aromatic nitrogens is 2. The maximum absolute atomic E-state index is 13.2. The number of ether oxygens (including phenoxy) is 1. The summed E-state index contributed by atoms with van der Waals surface area (Å²) in [4.78, 5) is 37.6. The average molecular weight is 615 g/mol. The van der Waals surface area contributed by atoms with Crippen LogP contribution in [0.15, 0.2) is 77.7 Å². The molecule has 5 rings (SSSR count). The Hall–Kier alpha value is -4.86. The molecule has 1 aliphatic rings. The van der Waals surface area contributed by atoms with Crippen molar-refractivity contribution < 1.29 is 22.7 Å². The molecule has 1 aliphatic heterocycles. The van der Waals surface area contributed by atoms with E-state index >= 15 is 0 Å². The SMILES string of the molecule is CC(C)(C)OC(=O)C#CNC(=O)c1ccc(N2CCN(Cc3nc4ccccc4[nH]3)CC2)cc1NS(=O)(=O)c1ccccc1. The lowest BCUT2D eigenvalue weighted by molar-refractivity contribution is -0.147. The Morgan fingerprint density at radius 1 is 0.977 bits per heavy atom. The number of hydrogen-bond donors (Lipinski definition) is 3. The molecule has 1 aromatic heterocycles. The summed E-state index contributed by atoms with van der Waals surface area (Å²) in [5, 5.41) is 2.35. The lowest BCUT2D eigenvalue weighted by Crippen LogP contribution is -2.46. The van der Waals surface area contributed by atoms with Crippen molar-refractivity contribution in [1.82, 2.24) is 20.2 Å². The second-order valence-corrected chi connectivity index (χ2v) is 13.0. The maximum atomic E-state index is 13.2. The fraction of sp³-hybridized carbons (Fsp3) is 0.281. The summed E-state index contributed by atoms with van der Waals surface area (Å²) in [6.45, 7) is 8.73. The number of rotatable bonds is 7. The highest BCUT2D eigenvalue weighted by Crippen LogP contribution is 2.27. The first-order valence-electron chi connectivity index (χ1n) is 14.1. The lowest BCUT2D eigenvalue weighted by atomic mass is 10.1. The van der Waals surface area contributed by atoms with Crippen molar-refractivity contribution >= 4 is 44.3 Å². The molecular weight excluding hydrogens is 580 g/mol. The van der Waals surface area contributed by atoms with Crippen molar-refractivity contribution in [2.24, 2.45) is 0 Å². The van der Waals surface area contributed by atoms with E-state index in [2.05, 4.69) is 41.8 Å². The number of piperazine rings is 1. The van der Waals surface area contributed by atoms with Gasteiger partial charge in [0.15, 0.2) is 0 Å². The van der Waals surface area contributed by atoms with Crippen LogP contribution in [0.3, 0.4) is 0 Å². The minimum Gasteiger partial charge on any atom is -0.450 e. The number of anilines is 2. The Bertz CT molecular complexity index is 1800. The molecule has 11 nitrogen and oxygen atoms in total. The summed E-state index contributed by atoms with van der Waals surface area (Å²) in [5.41, 5.74) is 2.12. The third-order valence-corrected chi connectivity index (χ3v) is 8.22. The molecule has 0 radical (unpaired) electrons. The Kier molecular flexibility index (Phi) is 8.89. The molecule has 0 atom stereocenters. The molecule has 12 heteroatoms. The van der Waals surface area contributed by atoms with Crippen molar-refractivity contribution in [3.63, 3.8) is 0 Å². The number of H-pyrrole nitrogens is 1. The van der Waals surface area contributed by atoms with Gasteiger partial charge < -0.3 is 14.6 Å². The molecule has 44 heavy (non-hydrogen) atoms. The molecule has 0 unspecified atom stereocenters. The molecule has 0 bridgehead atoms. The van der Waals surface area contributed by atoms with E-state index in [1.807, 2.05) is 24.3 Å². The van der Waals surface area contributed by atoms with Crippen LogP contribution >= 0.6 is 0 Å². The number of carbonyl (C=O) groups excluding carboxylic acids is 2. The Morgan fingerprint density at radius 3 is 2.39 bits per heavy atom. The standard InChI is InChI=1S/C32H34N6O5S/c1-32(2,3)43-30(39)15-16-33-31(40)25-14-13-23(21-28(25)36-44(41,42)24-9-5-4-6-10-24)38-19-17-37(18-20-38)22-29-34-26-11-7-8-12-27(26)35-29/h4-14,21,36H,17-20,22H2,1-3H3,(H,33,40)(H,34,35). The quantitative estimate of drug-likeness (QED) is 0.163. The third kappa shape index (κ3) is 7.75. The van der Waals surface area contributed by atoms with E-state index in [-0.39, 0.29) is 16.1 Å². The predicted molar refractivity (Wildman–Crippen MR) is 168 cm³/mol. The molecule has 0 spiro atoms. The van der Waals surface area contributed by atoms with E-state index in [1.54, 1.807) is 57.2 Å². The van der Waals surface area contributed by atoms with E-state index in [4.69, 9.17) is 4.74 Å². The monoisotopic (exact) mass is 614 g/mol. The highest BCUT2D eigenvalue weighted by Gasteiger charge is 2.23. The van der Waals surface area contributed by atoms with Crippen LogP contribution < -0.4 is 14.9 Å². The first-order valence-corrected chi connectivity index (χ1v) is 15.6. The maximum Gasteiger partial charge on any atom is 0.386 e. The largest absolute Gasteiger partial charge is 0.450 e. The van der Waals surface area contributed by atoms with Crippen molar-refractivity contribution in [2.75, 3.05) is 35.8 Å². The number of nitrogens with zero attached hydrogens (tertiary/aromatic N) is 3. The molecule has 3 aromatic carbocycles. The Morgan fingerprint density at radius 2 is 1.68 bits per heavy atom. The molecule has 2 heterocycles. The lowest BCUT2D eigenvalue weighted by Gasteiger charge is -2.36. The molecule has 0 saturated carbocycles. The van der Waals surface area contributed by atoms with Gasteiger partial charge >= 0.3 is 5.97 Å². The van der Waals surface area contributed by atoms with Gasteiger partial charge in [0.25, 0.3) is 15.9 Å². The smallest absolute Gasteiger partial charge is 0.386 e. The predicted octanol–water partition coefficient (Wildman–Crippen LogP) is 3.72. The highest BCUT2D eigenvalue weighted by atomic mass is 32.2. The van der Waals surface area contributed by atoms with E-state index in [9.17, 15) is 18.0 Å². The molecule has 1 saturated heterocycles. The Balaban J connectivity index is 1.32. The van der Waals surface area contributed by atoms with E-state index in [0.29, 0.717) is 19.6 Å². The van der Waals surface area contributed by atoms with Gasteiger partial charge in [0.1, 0.15) is 11.4 Å². The number of nitrogens with one attached hydrogen (secondary N) is 3. The van der Waals surface area contributed by atoms with Crippen LogP contribution in [0.25, 0.3) is 11.0 Å². The van der Waals surface area contributed by atoms with Crippen molar-refractivity contribution in [3.05, 3.63) is 84.2 Å². The fourth-order valence-corrected chi connectivity index (χ4v) is 5.87. The number of carbonyl (C=O) groups is 2. The van der Waals surface area contributed by atoms with Crippen molar-refractivity contribution in [3.8, 4) is 12.0 Å². The molecule has 0 aliphatic carbocycles. The fourth-order valence-electron chi connectivity index (χ4n) is 4.78. The summed E-state index contributed by atoms with van der Waals surface area (Å²) >= 11 is 0. The zero-order valence-electron chi connectivity index (χ0n) is 24.8. The van der Waals surface area contributed by atoms with E-state index < -0.39 is 27.5 Å². The number of sulfonamides is 1. The van der Waals surface area contributed by atoms with Gasteiger partial charge in [0.05, 0.1) is 33.7 Å². The molecule has 1 amide bonds. The van der Waals surface area contributed by atoms with Crippen LogP contribution in [-0.4, -0.2) is 66.9 Å². The summed E-state index contributed by atoms with van der Waals surface area (Å²) in [5.74, 6) is 1.66. The number of hydrogen-bond acceptors (Lipinski definition) is 8. The zero-order chi connectivity index (χ0) is 31.3. The van der Waals surface area contributed by atoms with E-state index in [1.165, 1.54) is 12.1 Å². The van der Waals surface area contributed by atoms with Gasteiger partial charge in [-0.3, -0.25) is 19.7 Å². The van der Waals surface area contributed by atoms with Crippen LogP contribution in [0.1, 0.15) is 37.0 Å². The van der Waals surface area contributed by atoms with Crippen LogP contribution in [0.2, 0.25) is 0 Å². The van der Waals surface area contributed by atoms with Gasteiger partial charge in [-0.25, -0.2) is 18.2 Å². The van der Waals surface area contributed by atoms with Gasteiger partial charge in [-0.15, -0.1) is 0 Å². The summed E-state index contributed by atoms with van der Waals surface area (Å²) in [6, 6.07) is 23.1. The van der Waals surface area contributed by atoms with Gasteiger partial charge in [0, 0.05) is 43.8 Å². The zero-order valence-corrected chi connectivity index (χ0v) is 25.6. The first kappa shape index (κ1) is 30.6. The summed E-state index contributed by atoms with van der Waals surface area (Å²) in [7, 11) is -4.00. The molecular formula is C32H34N6O5S. The second kappa shape index (κ2) is 12.8. The molecule has 1 fully saturated rings. The van der Waals surface area contributed by atoms with Crippen LogP contribution in [-0.2, 0) is 26.1 Å². The topological polar surface area (TPSA) is 137 Å². The minimum atomic E-state index is -4.00. The number of fused-ring (bicyclic) bond motifs is 1. The van der Waals surface area contributed by atoms with E-state index in [0.717, 1.165) is 35.6 Å². The Labute approximate surface area is 256 Å². The minimum absolute atomic E-state index is 0.0512. The number of imidazole rings is 1. The number of para-hydroxylation sites is 2. The number of amides is 1. The molecule has 4 aromatic rings. The first-order chi connectivity index (χ1) is 21.0. The van der Waals surface area contributed by atoms with Gasteiger partial charge in [-0.05, 0) is 63.2 Å². The number of benzene rings is 3. The molecule has 228 valence electrons. The summed E-state index contributed by atoms with van der Waals surface area (Å²) < 4.78 is 34.1. The molecule has 3 N–H and O–H groups in total.